The third-order valence-corrected chi connectivity index (χ3v) is 3.77. The molecule has 0 radical (unpaired) electrons. The number of nitrogens with zero attached hydrogens (tertiary/aromatic N) is 2. The molecule has 2 N–H and O–H groups in total. The number of amides is 1. The summed E-state index contributed by atoms with van der Waals surface area (Å²) in [6.07, 6.45) is 2.68. The SMILES string of the molecule is C=C(C)C(=O)OCC[N+](C)(C)C.CC=C(C)C(=O)N(C)CCCN.COS(=O)(=O)[O-]. The summed E-state index contributed by atoms with van der Waals surface area (Å²) in [4.78, 5) is 24.0. The van der Waals surface area contributed by atoms with Gasteiger partial charge >= 0.3 is 5.97 Å². The van der Waals surface area contributed by atoms with Gasteiger partial charge in [-0.1, -0.05) is 12.7 Å². The van der Waals surface area contributed by atoms with Crippen molar-refractivity contribution < 1.29 is 36.0 Å². The van der Waals surface area contributed by atoms with Crippen LogP contribution in [0.25, 0.3) is 0 Å². The quantitative estimate of drug-likeness (QED) is 0.177. The molecule has 0 aromatic rings. The molecular formula is C19H39N3O7S. The van der Waals surface area contributed by atoms with Gasteiger partial charge in [-0.05, 0) is 33.7 Å². The van der Waals surface area contributed by atoms with E-state index in [9.17, 15) is 22.6 Å². The van der Waals surface area contributed by atoms with Crippen LogP contribution >= 0.6 is 0 Å². The monoisotopic (exact) mass is 453 g/mol. The lowest BCUT2D eigenvalue weighted by atomic mass is 10.2. The molecule has 0 aromatic heterocycles. The molecule has 178 valence electrons. The Morgan fingerprint density at radius 2 is 1.70 bits per heavy atom. The molecule has 0 saturated carbocycles. The van der Waals surface area contributed by atoms with E-state index >= 15 is 0 Å². The minimum absolute atomic E-state index is 0.0888. The van der Waals surface area contributed by atoms with Gasteiger partial charge in [-0.15, -0.1) is 0 Å². The lowest BCUT2D eigenvalue weighted by Crippen LogP contribution is -2.38. The number of hydrogen-bond acceptors (Lipinski definition) is 8. The number of hydrogen-bond donors (Lipinski definition) is 1. The third kappa shape index (κ3) is 24.2. The number of allylic oxidation sites excluding steroid dienone is 1. The highest BCUT2D eigenvalue weighted by Gasteiger charge is 2.09. The molecule has 0 aromatic carbocycles. The van der Waals surface area contributed by atoms with Gasteiger partial charge in [0.25, 0.3) is 0 Å². The minimum atomic E-state index is -4.41. The standard InChI is InChI=1S/C9H18N2O.C9H18NO2.CH4O4S/c1-4-8(2)9(12)11(3)7-5-6-10;1-8(2)9(11)12-7-6-10(3,4)5;1-5-6(2,3)4/h4H,5-7,10H2,1-3H3;1,6-7H2,2-5H3;1H3,(H,2,3,4)/q;+1;/p-1. The van der Waals surface area contributed by atoms with Crippen LogP contribution < -0.4 is 5.73 Å². The van der Waals surface area contributed by atoms with Crippen LogP contribution in [0.1, 0.15) is 27.2 Å². The Hall–Kier alpha value is -1.79. The highest BCUT2D eigenvalue weighted by molar-refractivity contribution is 7.80. The molecule has 0 fully saturated rings. The molecule has 0 rings (SSSR count). The Balaban J connectivity index is -0.000000386. The van der Waals surface area contributed by atoms with Crippen LogP contribution in [0, 0.1) is 0 Å². The average Bonchev–Trinajstić information content (AvgIpc) is 2.63. The van der Waals surface area contributed by atoms with E-state index in [1.165, 1.54) is 0 Å². The van der Waals surface area contributed by atoms with Crippen LogP contribution in [0.5, 0.6) is 0 Å². The number of carbonyl (C=O) groups is 2. The second kappa shape index (κ2) is 16.9. The molecule has 1 amide bonds. The van der Waals surface area contributed by atoms with Gasteiger partial charge in [0.2, 0.25) is 16.3 Å². The topological polar surface area (TPSA) is 139 Å². The fourth-order valence-electron chi connectivity index (χ4n) is 1.39. The molecule has 10 nitrogen and oxygen atoms in total. The van der Waals surface area contributed by atoms with Gasteiger partial charge in [0.1, 0.15) is 13.2 Å². The van der Waals surface area contributed by atoms with Crippen LogP contribution in [0.15, 0.2) is 23.8 Å². The molecule has 0 aliphatic rings. The molecule has 0 heterocycles. The van der Waals surface area contributed by atoms with Crippen LogP contribution in [0.4, 0.5) is 0 Å². The first-order valence-electron chi connectivity index (χ1n) is 9.25. The van der Waals surface area contributed by atoms with Crippen molar-refractivity contribution in [1.82, 2.24) is 4.90 Å². The number of likely N-dealkylation sites (N-methyl/N-ethyl adjacent to an activating group) is 2. The van der Waals surface area contributed by atoms with E-state index in [2.05, 4.69) is 31.9 Å². The fraction of sp³-hybridized carbons (Fsp3) is 0.684. The van der Waals surface area contributed by atoms with E-state index in [0.717, 1.165) is 36.7 Å². The summed E-state index contributed by atoms with van der Waals surface area (Å²) < 4.78 is 36.7. The van der Waals surface area contributed by atoms with Crippen molar-refractivity contribution in [1.29, 1.82) is 0 Å². The first-order chi connectivity index (χ1) is 13.5. The van der Waals surface area contributed by atoms with Crippen molar-refractivity contribution in [2.75, 3.05) is 61.5 Å². The predicted octanol–water partition coefficient (Wildman–Crippen LogP) is 0.665. The lowest BCUT2D eigenvalue weighted by molar-refractivity contribution is -0.870. The van der Waals surface area contributed by atoms with Crippen molar-refractivity contribution in [3.8, 4) is 0 Å². The van der Waals surface area contributed by atoms with Crippen LogP contribution in [0.2, 0.25) is 0 Å². The normalized spacial score (nSPS) is 11.3. The van der Waals surface area contributed by atoms with Crippen molar-refractivity contribution in [3.05, 3.63) is 23.8 Å². The maximum Gasteiger partial charge on any atom is 0.333 e. The van der Waals surface area contributed by atoms with E-state index < -0.39 is 10.4 Å². The van der Waals surface area contributed by atoms with E-state index in [1.807, 2.05) is 19.9 Å². The average molecular weight is 454 g/mol. The molecule has 0 aliphatic heterocycles. The minimum Gasteiger partial charge on any atom is -0.726 e. The summed E-state index contributed by atoms with van der Waals surface area (Å²) in [5, 5.41) is 0. The fourth-order valence-corrected chi connectivity index (χ4v) is 1.39. The number of carbonyl (C=O) groups excluding carboxylic acids is 2. The first kappa shape index (κ1) is 32.9. The van der Waals surface area contributed by atoms with Crippen molar-refractivity contribution in [2.45, 2.75) is 27.2 Å². The number of ether oxygens (including phenoxy) is 1. The maximum atomic E-state index is 11.4. The molecule has 0 saturated heterocycles. The highest BCUT2D eigenvalue weighted by Crippen LogP contribution is 1.99. The van der Waals surface area contributed by atoms with Crippen LogP contribution in [-0.2, 0) is 28.9 Å². The summed E-state index contributed by atoms with van der Waals surface area (Å²) in [5.41, 5.74) is 6.57. The second-order valence-corrected chi connectivity index (χ2v) is 8.50. The van der Waals surface area contributed by atoms with Gasteiger partial charge in [0.05, 0.1) is 28.3 Å². The largest absolute Gasteiger partial charge is 0.726 e. The zero-order valence-corrected chi connectivity index (χ0v) is 20.4. The highest BCUT2D eigenvalue weighted by atomic mass is 32.3. The van der Waals surface area contributed by atoms with Crippen LogP contribution in [-0.4, -0.2) is 95.8 Å². The van der Waals surface area contributed by atoms with Crippen molar-refractivity contribution >= 4 is 22.3 Å². The summed E-state index contributed by atoms with van der Waals surface area (Å²) in [6.45, 7) is 11.5. The molecule has 0 aliphatic carbocycles. The zero-order chi connectivity index (χ0) is 24.5. The van der Waals surface area contributed by atoms with Crippen LogP contribution in [0.3, 0.4) is 0 Å². The maximum absolute atomic E-state index is 11.4. The van der Waals surface area contributed by atoms with Gasteiger partial charge < -0.3 is 24.4 Å². The lowest BCUT2D eigenvalue weighted by Gasteiger charge is -2.23. The molecule has 0 unspecified atom stereocenters. The van der Waals surface area contributed by atoms with Gasteiger partial charge in [0, 0.05) is 24.7 Å². The smallest absolute Gasteiger partial charge is 0.333 e. The Morgan fingerprint density at radius 3 is 2.00 bits per heavy atom. The first-order valence-corrected chi connectivity index (χ1v) is 10.6. The molecule has 30 heavy (non-hydrogen) atoms. The molecule has 0 atom stereocenters. The summed E-state index contributed by atoms with van der Waals surface area (Å²) in [7, 11) is 4.34. The Kier molecular flexibility index (Phi) is 18.6. The summed E-state index contributed by atoms with van der Waals surface area (Å²) in [5.74, 6) is -0.214. The number of esters is 1. The molecule has 0 bridgehead atoms. The Morgan fingerprint density at radius 1 is 1.23 bits per heavy atom. The Labute approximate surface area is 181 Å². The second-order valence-electron chi connectivity index (χ2n) is 7.35. The molecule has 0 spiro atoms. The predicted molar refractivity (Wildman–Crippen MR) is 116 cm³/mol. The summed E-state index contributed by atoms with van der Waals surface area (Å²) in [6, 6.07) is 0. The summed E-state index contributed by atoms with van der Waals surface area (Å²) >= 11 is 0. The Bertz CT molecular complexity index is 654. The van der Waals surface area contributed by atoms with E-state index in [4.69, 9.17) is 10.5 Å². The van der Waals surface area contributed by atoms with Gasteiger partial charge in [-0.2, -0.15) is 0 Å². The van der Waals surface area contributed by atoms with Gasteiger partial charge in [-0.3, -0.25) is 8.98 Å². The van der Waals surface area contributed by atoms with E-state index in [-0.39, 0.29) is 11.9 Å². The van der Waals surface area contributed by atoms with Gasteiger partial charge in [0.15, 0.2) is 0 Å². The third-order valence-electron chi connectivity index (χ3n) is 3.36. The van der Waals surface area contributed by atoms with Crippen molar-refractivity contribution in [3.63, 3.8) is 0 Å². The molecule has 11 heteroatoms. The number of nitrogens with two attached hydrogens (primary N) is 1. The van der Waals surface area contributed by atoms with Crippen molar-refractivity contribution in [2.24, 2.45) is 5.73 Å². The van der Waals surface area contributed by atoms with E-state index in [0.29, 0.717) is 18.7 Å². The zero-order valence-electron chi connectivity index (χ0n) is 19.6. The number of quaternary nitrogens is 1. The number of rotatable bonds is 9. The molecular weight excluding hydrogens is 414 g/mol. The van der Waals surface area contributed by atoms with Gasteiger partial charge in [-0.25, -0.2) is 13.2 Å². The van der Waals surface area contributed by atoms with E-state index in [1.54, 1.807) is 18.9 Å².